The van der Waals surface area contributed by atoms with E-state index >= 15 is 0 Å². The quantitative estimate of drug-likeness (QED) is 0.618. The number of rotatable bonds is 4. The minimum Gasteiger partial charge on any atom is -0.205 e. The highest BCUT2D eigenvalue weighted by atomic mass is 35.5. The van der Waals surface area contributed by atoms with E-state index in [2.05, 4.69) is 13.8 Å². The van der Waals surface area contributed by atoms with Crippen LogP contribution in [0.5, 0.6) is 0 Å². The van der Waals surface area contributed by atoms with Crippen molar-refractivity contribution in [3.8, 4) is 11.1 Å². The molecular weight excluding hydrogens is 278 g/mol. The second-order valence-corrected chi connectivity index (χ2v) is 5.76. The molecule has 2 aromatic rings. The number of benzene rings is 2. The van der Waals surface area contributed by atoms with Gasteiger partial charge in [0.1, 0.15) is 16.7 Å². The van der Waals surface area contributed by atoms with Crippen molar-refractivity contribution >= 4 is 11.6 Å². The minimum absolute atomic E-state index is 0.456. The molecular formula is C17H17ClF2. The van der Waals surface area contributed by atoms with Crippen LogP contribution in [0.25, 0.3) is 11.1 Å². The molecule has 0 saturated heterocycles. The summed E-state index contributed by atoms with van der Waals surface area (Å²) in [6.07, 6.45) is 2.14. The van der Waals surface area contributed by atoms with Crippen LogP contribution in [0.1, 0.15) is 25.8 Å². The molecule has 0 unspecified atom stereocenters. The van der Waals surface area contributed by atoms with Crippen molar-refractivity contribution in [3.05, 3.63) is 58.6 Å². The first-order valence-corrected chi connectivity index (χ1v) is 7.09. The van der Waals surface area contributed by atoms with E-state index in [4.69, 9.17) is 11.6 Å². The third kappa shape index (κ3) is 3.57. The predicted octanol–water partition coefficient (Wildman–Crippen LogP) is 5.87. The van der Waals surface area contributed by atoms with Crippen LogP contribution in [0.2, 0.25) is 5.02 Å². The minimum atomic E-state index is -0.731. The van der Waals surface area contributed by atoms with Gasteiger partial charge in [-0.2, -0.15) is 0 Å². The van der Waals surface area contributed by atoms with Crippen LogP contribution in [0.4, 0.5) is 8.78 Å². The maximum absolute atomic E-state index is 13.4. The first-order valence-electron chi connectivity index (χ1n) is 6.71. The summed E-state index contributed by atoms with van der Waals surface area (Å²) in [5, 5.41) is -0.456. The molecule has 0 nitrogen and oxygen atoms in total. The molecule has 0 amide bonds. The van der Waals surface area contributed by atoms with Gasteiger partial charge in [-0.25, -0.2) is 8.78 Å². The average Bonchev–Trinajstić information content (AvgIpc) is 2.42. The lowest BCUT2D eigenvalue weighted by Gasteiger charge is -2.07. The monoisotopic (exact) mass is 294 g/mol. The van der Waals surface area contributed by atoms with E-state index in [0.717, 1.165) is 18.4 Å². The summed E-state index contributed by atoms with van der Waals surface area (Å²) in [5.74, 6) is -0.801. The highest BCUT2D eigenvalue weighted by molar-refractivity contribution is 6.31. The Labute approximate surface area is 123 Å². The van der Waals surface area contributed by atoms with Crippen LogP contribution < -0.4 is 0 Å². The van der Waals surface area contributed by atoms with E-state index in [1.165, 1.54) is 17.7 Å². The first-order chi connectivity index (χ1) is 9.47. The Morgan fingerprint density at radius 2 is 1.50 bits per heavy atom. The Balaban J connectivity index is 2.22. The summed E-state index contributed by atoms with van der Waals surface area (Å²) >= 11 is 5.48. The van der Waals surface area contributed by atoms with E-state index in [1.54, 1.807) is 0 Å². The van der Waals surface area contributed by atoms with Gasteiger partial charge in [-0.05, 0) is 47.6 Å². The van der Waals surface area contributed by atoms with E-state index in [-0.39, 0.29) is 0 Å². The molecule has 0 fully saturated rings. The van der Waals surface area contributed by atoms with Gasteiger partial charge in [-0.3, -0.25) is 0 Å². The van der Waals surface area contributed by atoms with Crippen molar-refractivity contribution in [1.29, 1.82) is 0 Å². The molecule has 0 heterocycles. The Hall–Kier alpha value is -1.41. The van der Waals surface area contributed by atoms with Crippen molar-refractivity contribution in [2.24, 2.45) is 5.92 Å². The van der Waals surface area contributed by atoms with Gasteiger partial charge in [0.2, 0.25) is 0 Å². The van der Waals surface area contributed by atoms with Crippen molar-refractivity contribution in [2.75, 3.05) is 0 Å². The highest BCUT2D eigenvalue weighted by Gasteiger charge is 2.10. The molecule has 0 aliphatic heterocycles. The number of halogens is 3. The van der Waals surface area contributed by atoms with Gasteiger partial charge < -0.3 is 0 Å². The SMILES string of the molecule is CC(C)CCc1ccc(-c2cc(F)c(Cl)c(F)c2)cc1. The van der Waals surface area contributed by atoms with Crippen LogP contribution in [0.3, 0.4) is 0 Å². The first kappa shape index (κ1) is 15.0. The van der Waals surface area contributed by atoms with Crippen molar-refractivity contribution in [3.63, 3.8) is 0 Å². The van der Waals surface area contributed by atoms with Gasteiger partial charge in [-0.15, -0.1) is 0 Å². The van der Waals surface area contributed by atoms with Gasteiger partial charge >= 0.3 is 0 Å². The van der Waals surface area contributed by atoms with Crippen molar-refractivity contribution < 1.29 is 8.78 Å². The Kier molecular flexibility index (Phi) is 4.77. The fraction of sp³-hybridized carbons (Fsp3) is 0.294. The molecule has 0 saturated carbocycles. The molecule has 0 radical (unpaired) electrons. The lowest BCUT2D eigenvalue weighted by Crippen LogP contribution is -1.92. The largest absolute Gasteiger partial charge is 0.205 e. The van der Waals surface area contributed by atoms with Crippen molar-refractivity contribution in [2.45, 2.75) is 26.7 Å². The molecule has 0 aromatic heterocycles. The normalized spacial score (nSPS) is 11.1. The van der Waals surface area contributed by atoms with Gasteiger partial charge in [0.05, 0.1) is 0 Å². The topological polar surface area (TPSA) is 0 Å². The van der Waals surface area contributed by atoms with Gasteiger partial charge in [-0.1, -0.05) is 49.7 Å². The maximum atomic E-state index is 13.4. The second kappa shape index (κ2) is 6.36. The molecule has 2 rings (SSSR count). The molecule has 0 aliphatic carbocycles. The fourth-order valence-corrected chi connectivity index (χ4v) is 2.15. The van der Waals surface area contributed by atoms with E-state index in [1.807, 2.05) is 24.3 Å². The molecule has 20 heavy (non-hydrogen) atoms. The van der Waals surface area contributed by atoms with E-state index in [9.17, 15) is 8.78 Å². The molecule has 0 N–H and O–H groups in total. The zero-order valence-electron chi connectivity index (χ0n) is 11.6. The standard InChI is InChI=1S/C17H17ClF2/c1-11(2)3-4-12-5-7-13(8-6-12)14-9-15(19)17(18)16(20)10-14/h5-11H,3-4H2,1-2H3. The molecule has 3 heteroatoms. The lowest BCUT2D eigenvalue weighted by atomic mass is 9.99. The van der Waals surface area contributed by atoms with Crippen LogP contribution in [0.15, 0.2) is 36.4 Å². The predicted molar refractivity (Wildman–Crippen MR) is 80.0 cm³/mol. The number of aryl methyl sites for hydroxylation is 1. The van der Waals surface area contributed by atoms with Crippen LogP contribution in [-0.2, 0) is 6.42 Å². The molecule has 0 spiro atoms. The smallest absolute Gasteiger partial charge is 0.145 e. The molecule has 0 bridgehead atoms. The van der Waals surface area contributed by atoms with Gasteiger partial charge in [0.15, 0.2) is 0 Å². The lowest BCUT2D eigenvalue weighted by molar-refractivity contribution is 0.585. The summed E-state index contributed by atoms with van der Waals surface area (Å²) in [5.41, 5.74) is 2.52. The average molecular weight is 295 g/mol. The molecule has 106 valence electrons. The van der Waals surface area contributed by atoms with Crippen LogP contribution in [-0.4, -0.2) is 0 Å². The van der Waals surface area contributed by atoms with Gasteiger partial charge in [0.25, 0.3) is 0 Å². The molecule has 2 aromatic carbocycles. The summed E-state index contributed by atoms with van der Waals surface area (Å²) < 4.78 is 26.9. The van der Waals surface area contributed by atoms with E-state index in [0.29, 0.717) is 11.5 Å². The number of hydrogen-bond acceptors (Lipinski definition) is 0. The highest BCUT2D eigenvalue weighted by Crippen LogP contribution is 2.27. The third-order valence-electron chi connectivity index (χ3n) is 3.28. The molecule has 0 aliphatic rings. The summed E-state index contributed by atoms with van der Waals surface area (Å²) in [7, 11) is 0. The Morgan fingerprint density at radius 3 is 2.00 bits per heavy atom. The summed E-state index contributed by atoms with van der Waals surface area (Å²) in [6, 6.07) is 10.3. The maximum Gasteiger partial charge on any atom is 0.145 e. The van der Waals surface area contributed by atoms with Crippen LogP contribution in [0, 0.1) is 17.6 Å². The van der Waals surface area contributed by atoms with E-state index < -0.39 is 16.7 Å². The fourth-order valence-electron chi connectivity index (χ4n) is 2.04. The van der Waals surface area contributed by atoms with Crippen LogP contribution >= 0.6 is 11.6 Å². The second-order valence-electron chi connectivity index (χ2n) is 5.38. The summed E-state index contributed by atoms with van der Waals surface area (Å²) in [4.78, 5) is 0. The molecule has 0 atom stereocenters. The number of hydrogen-bond donors (Lipinski definition) is 0. The zero-order chi connectivity index (χ0) is 14.7. The third-order valence-corrected chi connectivity index (χ3v) is 3.64. The zero-order valence-corrected chi connectivity index (χ0v) is 12.3. The van der Waals surface area contributed by atoms with Crippen molar-refractivity contribution in [1.82, 2.24) is 0 Å². The van der Waals surface area contributed by atoms with Gasteiger partial charge in [0, 0.05) is 0 Å². The Bertz CT molecular complexity index is 565. The Morgan fingerprint density at radius 1 is 0.950 bits per heavy atom. The summed E-state index contributed by atoms with van der Waals surface area (Å²) in [6.45, 7) is 4.38.